The fourth-order valence-electron chi connectivity index (χ4n) is 2.58. The first kappa shape index (κ1) is 23.0. The highest BCUT2D eigenvalue weighted by molar-refractivity contribution is 14.0. The quantitative estimate of drug-likeness (QED) is 0.332. The summed E-state index contributed by atoms with van der Waals surface area (Å²) in [5.74, 6) is 1.99. The van der Waals surface area contributed by atoms with Gasteiger partial charge in [-0.05, 0) is 37.7 Å². The summed E-state index contributed by atoms with van der Waals surface area (Å²) in [6, 6.07) is 5.84. The van der Waals surface area contributed by atoms with E-state index in [2.05, 4.69) is 20.6 Å². The predicted molar refractivity (Wildman–Crippen MR) is 120 cm³/mol. The normalized spacial score (nSPS) is 16.7. The van der Waals surface area contributed by atoms with Crippen LogP contribution in [0, 0.1) is 0 Å². The molecule has 6 nitrogen and oxygen atoms in total. The number of nitrogens with one attached hydrogen (secondary N) is 2. The Balaban J connectivity index is 0.00000338. The predicted octanol–water partition coefficient (Wildman–Crippen LogP) is 2.15. The van der Waals surface area contributed by atoms with Crippen molar-refractivity contribution >= 4 is 47.6 Å². The molecule has 0 aliphatic carbocycles. The molecule has 1 fully saturated rings. The van der Waals surface area contributed by atoms with Crippen molar-refractivity contribution in [3.8, 4) is 0 Å². The zero-order valence-corrected chi connectivity index (χ0v) is 18.8. The Morgan fingerprint density at radius 1 is 1.42 bits per heavy atom. The molecule has 2 heterocycles. The van der Waals surface area contributed by atoms with Crippen LogP contribution in [0.5, 0.6) is 0 Å². The van der Waals surface area contributed by atoms with E-state index in [-0.39, 0.29) is 36.4 Å². The summed E-state index contributed by atoms with van der Waals surface area (Å²) in [6.45, 7) is 4.52. The minimum absolute atomic E-state index is 0. The Labute approximate surface area is 178 Å². The number of guanidine groups is 1. The summed E-state index contributed by atoms with van der Waals surface area (Å²) < 4.78 is 0. The molecule has 1 aliphatic heterocycles. The van der Waals surface area contributed by atoms with E-state index < -0.39 is 0 Å². The van der Waals surface area contributed by atoms with Crippen molar-refractivity contribution in [1.29, 1.82) is 0 Å². The summed E-state index contributed by atoms with van der Waals surface area (Å²) in [4.78, 5) is 22.7. The molecule has 26 heavy (non-hydrogen) atoms. The van der Waals surface area contributed by atoms with E-state index in [0.717, 1.165) is 31.2 Å². The van der Waals surface area contributed by atoms with Crippen LogP contribution in [0.25, 0.3) is 0 Å². The van der Waals surface area contributed by atoms with Crippen LogP contribution in [0.3, 0.4) is 0 Å². The summed E-state index contributed by atoms with van der Waals surface area (Å²) in [5, 5.41) is 7.21. The maximum absolute atomic E-state index is 12.3. The number of amides is 1. The molecule has 1 aromatic heterocycles. The first-order chi connectivity index (χ1) is 12.2. The number of nitrogens with zero attached hydrogens (tertiary/aromatic N) is 3. The van der Waals surface area contributed by atoms with Gasteiger partial charge < -0.3 is 15.5 Å². The summed E-state index contributed by atoms with van der Waals surface area (Å²) in [7, 11) is 1.82. The maximum atomic E-state index is 12.3. The number of aromatic nitrogens is 1. The highest BCUT2D eigenvalue weighted by atomic mass is 127. The van der Waals surface area contributed by atoms with E-state index in [1.165, 1.54) is 18.6 Å². The van der Waals surface area contributed by atoms with E-state index in [1.54, 1.807) is 11.1 Å². The van der Waals surface area contributed by atoms with Crippen molar-refractivity contribution in [2.24, 2.45) is 4.99 Å². The Hall–Kier alpha value is -1.03. The number of halogens is 1. The number of likely N-dealkylation sites (N-methyl/N-ethyl adjacent to an activating group) is 1. The fourth-order valence-corrected chi connectivity index (χ4v) is 3.78. The van der Waals surface area contributed by atoms with Crippen molar-refractivity contribution in [2.75, 3.05) is 39.0 Å². The van der Waals surface area contributed by atoms with Gasteiger partial charge in [-0.1, -0.05) is 6.07 Å². The molecule has 1 aliphatic rings. The second-order valence-corrected chi connectivity index (χ2v) is 7.51. The number of carbonyl (C=O) groups excluding carboxylic acids is 1. The number of carbonyl (C=O) groups is 1. The molecule has 1 unspecified atom stereocenters. The van der Waals surface area contributed by atoms with Crippen molar-refractivity contribution in [2.45, 2.75) is 31.4 Å². The third-order valence-electron chi connectivity index (χ3n) is 4.09. The number of aliphatic imine (C=N–C) groups is 1. The molecule has 0 saturated carbocycles. The van der Waals surface area contributed by atoms with Gasteiger partial charge in [-0.2, -0.15) is 11.8 Å². The average Bonchev–Trinajstić information content (AvgIpc) is 3.16. The van der Waals surface area contributed by atoms with Gasteiger partial charge in [0.2, 0.25) is 5.91 Å². The lowest BCUT2D eigenvalue weighted by molar-refractivity contribution is -0.128. The zero-order valence-electron chi connectivity index (χ0n) is 15.6. The van der Waals surface area contributed by atoms with E-state index in [9.17, 15) is 4.79 Å². The molecule has 1 aromatic rings. The number of rotatable bonds is 8. The minimum atomic E-state index is 0. The molecule has 146 valence electrons. The monoisotopic (exact) mass is 491 g/mol. The molecule has 1 amide bonds. The molecule has 0 radical (unpaired) electrons. The van der Waals surface area contributed by atoms with Gasteiger partial charge in [-0.15, -0.1) is 24.0 Å². The molecule has 1 saturated heterocycles. The molecule has 0 spiro atoms. The molecular formula is C18H30IN5OS. The maximum Gasteiger partial charge on any atom is 0.244 e. The van der Waals surface area contributed by atoms with E-state index in [4.69, 9.17) is 0 Å². The van der Waals surface area contributed by atoms with Gasteiger partial charge in [0, 0.05) is 50.2 Å². The fraction of sp³-hybridized carbons (Fsp3) is 0.611. The van der Waals surface area contributed by atoms with Crippen molar-refractivity contribution < 1.29 is 4.79 Å². The third-order valence-corrected chi connectivity index (χ3v) is 5.49. The van der Waals surface area contributed by atoms with Crippen LogP contribution in [-0.4, -0.2) is 66.0 Å². The van der Waals surface area contributed by atoms with Crippen LogP contribution in [0.2, 0.25) is 0 Å². The number of hydrogen-bond acceptors (Lipinski definition) is 4. The smallest absolute Gasteiger partial charge is 0.244 e. The van der Waals surface area contributed by atoms with E-state index in [1.807, 2.05) is 43.9 Å². The van der Waals surface area contributed by atoms with Gasteiger partial charge in [0.15, 0.2) is 5.96 Å². The molecule has 8 heteroatoms. The lowest BCUT2D eigenvalue weighted by atomic mass is 10.2. The topological polar surface area (TPSA) is 69.6 Å². The zero-order chi connectivity index (χ0) is 17.9. The Morgan fingerprint density at radius 2 is 2.27 bits per heavy atom. The molecule has 0 aromatic carbocycles. The van der Waals surface area contributed by atoms with E-state index >= 15 is 0 Å². The highest BCUT2D eigenvalue weighted by Gasteiger charge is 2.16. The standard InChI is InChI=1S/C18H29N5OS.HI/c1-3-19-18(21-13-16-8-6-12-25-16)22-14-17(24)23(2)11-9-15-7-4-5-10-20-15;/h4-5,7,10,16H,3,6,8-9,11-14H2,1-2H3,(H2,19,21,22);1H. The summed E-state index contributed by atoms with van der Waals surface area (Å²) in [5.41, 5.74) is 0.995. The van der Waals surface area contributed by atoms with Crippen LogP contribution in [0.15, 0.2) is 29.4 Å². The molecule has 2 N–H and O–H groups in total. The third kappa shape index (κ3) is 8.57. The van der Waals surface area contributed by atoms with Crippen LogP contribution < -0.4 is 10.6 Å². The Kier molecular flexibility index (Phi) is 11.7. The Bertz CT molecular complexity index is 552. The molecular weight excluding hydrogens is 461 g/mol. The van der Waals surface area contributed by atoms with Crippen LogP contribution in [-0.2, 0) is 11.2 Å². The van der Waals surface area contributed by atoms with Crippen LogP contribution in [0.1, 0.15) is 25.5 Å². The summed E-state index contributed by atoms with van der Waals surface area (Å²) in [6.07, 6.45) is 5.08. The largest absolute Gasteiger partial charge is 0.357 e. The van der Waals surface area contributed by atoms with Gasteiger partial charge in [0.25, 0.3) is 0 Å². The van der Waals surface area contributed by atoms with Gasteiger partial charge in [-0.3, -0.25) is 9.78 Å². The number of hydrogen-bond donors (Lipinski definition) is 2. The Morgan fingerprint density at radius 3 is 2.92 bits per heavy atom. The van der Waals surface area contributed by atoms with Crippen LogP contribution in [0.4, 0.5) is 0 Å². The first-order valence-electron chi connectivity index (χ1n) is 8.96. The first-order valence-corrected chi connectivity index (χ1v) is 10.0. The van der Waals surface area contributed by atoms with E-state index in [0.29, 0.717) is 11.8 Å². The second kappa shape index (κ2) is 13.2. The second-order valence-electron chi connectivity index (χ2n) is 6.10. The van der Waals surface area contributed by atoms with Crippen molar-refractivity contribution in [3.05, 3.63) is 30.1 Å². The number of thioether (sulfide) groups is 1. The lowest BCUT2D eigenvalue weighted by Crippen LogP contribution is -2.41. The average molecular weight is 491 g/mol. The number of pyridine rings is 1. The van der Waals surface area contributed by atoms with Crippen molar-refractivity contribution in [1.82, 2.24) is 20.5 Å². The van der Waals surface area contributed by atoms with Crippen molar-refractivity contribution in [3.63, 3.8) is 0 Å². The van der Waals surface area contributed by atoms with Gasteiger partial charge in [-0.25, -0.2) is 4.99 Å². The van der Waals surface area contributed by atoms with Gasteiger partial charge in [0.05, 0.1) is 0 Å². The molecule has 2 rings (SSSR count). The SMILES string of the molecule is CCNC(=NCC(=O)N(C)CCc1ccccn1)NCC1CCCS1.I. The highest BCUT2D eigenvalue weighted by Crippen LogP contribution is 2.25. The lowest BCUT2D eigenvalue weighted by Gasteiger charge is -2.17. The minimum Gasteiger partial charge on any atom is -0.357 e. The van der Waals surface area contributed by atoms with Crippen LogP contribution >= 0.6 is 35.7 Å². The molecule has 0 bridgehead atoms. The van der Waals surface area contributed by atoms with Gasteiger partial charge >= 0.3 is 0 Å². The summed E-state index contributed by atoms with van der Waals surface area (Å²) >= 11 is 2.01. The van der Waals surface area contributed by atoms with Gasteiger partial charge in [0.1, 0.15) is 6.54 Å². The molecule has 1 atom stereocenters.